The zero-order valence-corrected chi connectivity index (χ0v) is 20.6. The van der Waals surface area contributed by atoms with Gasteiger partial charge in [-0.2, -0.15) is 13.2 Å². The molecule has 0 spiro atoms. The number of hydrogen-bond acceptors (Lipinski definition) is 7. The summed E-state index contributed by atoms with van der Waals surface area (Å²) in [6, 6.07) is 10.9. The number of alkyl halides is 3. The Morgan fingerprint density at radius 3 is 2.54 bits per heavy atom. The Kier molecular flexibility index (Phi) is 6.87. The molecule has 192 valence electrons. The number of amides is 1. The third-order valence-electron chi connectivity index (χ3n) is 5.70. The van der Waals surface area contributed by atoms with Crippen LogP contribution in [0.25, 0.3) is 10.9 Å². The van der Waals surface area contributed by atoms with E-state index in [9.17, 15) is 26.4 Å². The summed E-state index contributed by atoms with van der Waals surface area (Å²) in [5.74, 6) is -1.11. The Balaban J connectivity index is 1.50. The Bertz CT molecular complexity index is 1620. The molecular formula is C25H22F3N5O3S. The number of carbonyl (C=O) groups excluding carboxylic acids is 1. The summed E-state index contributed by atoms with van der Waals surface area (Å²) in [6.45, 7) is 1.35. The highest BCUT2D eigenvalue weighted by molar-refractivity contribution is 7.90. The Morgan fingerprint density at radius 1 is 1.08 bits per heavy atom. The molecule has 4 rings (SSSR count). The van der Waals surface area contributed by atoms with Gasteiger partial charge in [0.1, 0.15) is 5.82 Å². The molecule has 37 heavy (non-hydrogen) atoms. The van der Waals surface area contributed by atoms with Crippen molar-refractivity contribution in [1.82, 2.24) is 20.3 Å². The van der Waals surface area contributed by atoms with E-state index in [0.717, 1.165) is 17.9 Å². The summed E-state index contributed by atoms with van der Waals surface area (Å²) in [7, 11) is -3.41. The van der Waals surface area contributed by atoms with Gasteiger partial charge in [-0.3, -0.25) is 14.8 Å². The SMILES string of the molecule is Cc1nc(N)c(C(F)(F)F)cc1CNC(=O)c1ccnc(Cc2ccc3ncc(S(C)(=O)=O)cc3c2)c1. The molecule has 0 aliphatic heterocycles. The van der Waals surface area contributed by atoms with Crippen LogP contribution in [0.5, 0.6) is 0 Å². The molecule has 0 unspecified atom stereocenters. The number of benzene rings is 1. The van der Waals surface area contributed by atoms with Crippen LogP contribution in [0, 0.1) is 6.92 Å². The average Bonchev–Trinajstić information content (AvgIpc) is 2.81. The van der Waals surface area contributed by atoms with Crippen molar-refractivity contribution in [2.24, 2.45) is 0 Å². The number of anilines is 1. The molecule has 0 atom stereocenters. The van der Waals surface area contributed by atoms with E-state index < -0.39 is 33.3 Å². The van der Waals surface area contributed by atoms with Crippen molar-refractivity contribution in [3.63, 3.8) is 0 Å². The minimum atomic E-state index is -4.66. The molecule has 4 aromatic rings. The fourth-order valence-electron chi connectivity index (χ4n) is 3.75. The number of hydrogen-bond donors (Lipinski definition) is 2. The highest BCUT2D eigenvalue weighted by atomic mass is 32.2. The number of nitrogens with one attached hydrogen (secondary N) is 1. The van der Waals surface area contributed by atoms with Crippen LogP contribution in [0.1, 0.15) is 38.4 Å². The second kappa shape index (κ2) is 9.77. The number of nitrogens with two attached hydrogens (primary N) is 1. The number of carbonyl (C=O) groups is 1. The number of aromatic nitrogens is 3. The predicted octanol–water partition coefficient (Wildman–Crippen LogP) is 3.86. The van der Waals surface area contributed by atoms with E-state index >= 15 is 0 Å². The Labute approximate surface area is 210 Å². The fourth-order valence-corrected chi connectivity index (χ4v) is 4.33. The first-order valence-corrected chi connectivity index (χ1v) is 12.9. The predicted molar refractivity (Wildman–Crippen MR) is 131 cm³/mol. The summed E-state index contributed by atoms with van der Waals surface area (Å²) >= 11 is 0. The highest BCUT2D eigenvalue weighted by Crippen LogP contribution is 2.33. The van der Waals surface area contributed by atoms with Gasteiger partial charge in [-0.15, -0.1) is 0 Å². The molecular weight excluding hydrogens is 507 g/mol. The molecule has 8 nitrogen and oxygen atoms in total. The first-order valence-electron chi connectivity index (χ1n) is 11.0. The molecule has 0 aliphatic rings. The highest BCUT2D eigenvalue weighted by Gasteiger charge is 2.34. The van der Waals surface area contributed by atoms with E-state index in [2.05, 4.69) is 20.3 Å². The number of halogens is 3. The number of rotatable bonds is 6. The smallest absolute Gasteiger partial charge is 0.383 e. The van der Waals surface area contributed by atoms with Crippen molar-refractivity contribution in [3.8, 4) is 0 Å². The largest absolute Gasteiger partial charge is 0.419 e. The number of nitrogen functional groups attached to an aromatic ring is 1. The van der Waals surface area contributed by atoms with Gasteiger partial charge in [-0.05, 0) is 54.4 Å². The van der Waals surface area contributed by atoms with Gasteiger partial charge < -0.3 is 11.1 Å². The first-order chi connectivity index (χ1) is 17.3. The lowest BCUT2D eigenvalue weighted by Gasteiger charge is -2.14. The quantitative estimate of drug-likeness (QED) is 0.388. The molecule has 3 heterocycles. The van der Waals surface area contributed by atoms with E-state index in [-0.39, 0.29) is 28.3 Å². The van der Waals surface area contributed by atoms with Gasteiger partial charge in [0.05, 0.1) is 16.0 Å². The van der Waals surface area contributed by atoms with Crippen molar-refractivity contribution in [2.75, 3.05) is 12.0 Å². The van der Waals surface area contributed by atoms with Gasteiger partial charge in [0.25, 0.3) is 5.91 Å². The topological polar surface area (TPSA) is 128 Å². The van der Waals surface area contributed by atoms with Gasteiger partial charge in [-0.1, -0.05) is 6.07 Å². The van der Waals surface area contributed by atoms with Crippen LogP contribution in [0.4, 0.5) is 19.0 Å². The molecule has 0 saturated heterocycles. The van der Waals surface area contributed by atoms with E-state index in [1.165, 1.54) is 25.4 Å². The monoisotopic (exact) mass is 529 g/mol. The van der Waals surface area contributed by atoms with Crippen LogP contribution in [0.3, 0.4) is 0 Å². The lowest BCUT2D eigenvalue weighted by molar-refractivity contribution is -0.137. The molecule has 0 bridgehead atoms. The van der Waals surface area contributed by atoms with Crippen LogP contribution >= 0.6 is 0 Å². The van der Waals surface area contributed by atoms with Crippen molar-refractivity contribution in [1.29, 1.82) is 0 Å². The van der Waals surface area contributed by atoms with E-state index in [1.807, 2.05) is 6.07 Å². The summed E-state index contributed by atoms with van der Waals surface area (Å²) in [5.41, 5.74) is 7.15. The zero-order valence-electron chi connectivity index (χ0n) is 19.8. The number of sulfone groups is 1. The Hall–Kier alpha value is -4.06. The summed E-state index contributed by atoms with van der Waals surface area (Å²) in [4.78, 5) is 25.1. The number of aryl methyl sites for hydroxylation is 1. The maximum Gasteiger partial charge on any atom is 0.419 e. The van der Waals surface area contributed by atoms with Crippen LogP contribution in [0.15, 0.2) is 59.8 Å². The van der Waals surface area contributed by atoms with Gasteiger partial charge >= 0.3 is 6.18 Å². The second-order valence-electron chi connectivity index (χ2n) is 8.53. The molecule has 0 radical (unpaired) electrons. The van der Waals surface area contributed by atoms with Crippen LogP contribution in [0.2, 0.25) is 0 Å². The molecule has 3 aromatic heterocycles. The molecule has 1 aromatic carbocycles. The van der Waals surface area contributed by atoms with Crippen LogP contribution in [-0.2, 0) is 29.0 Å². The number of pyridine rings is 3. The maximum absolute atomic E-state index is 13.2. The van der Waals surface area contributed by atoms with Crippen molar-refractivity contribution < 1.29 is 26.4 Å². The third-order valence-corrected chi connectivity index (χ3v) is 6.78. The summed E-state index contributed by atoms with van der Waals surface area (Å²) < 4.78 is 63.2. The average molecular weight is 530 g/mol. The van der Waals surface area contributed by atoms with Crippen molar-refractivity contribution >= 4 is 32.5 Å². The van der Waals surface area contributed by atoms with E-state index in [0.29, 0.717) is 23.0 Å². The molecule has 3 N–H and O–H groups in total. The third kappa shape index (κ3) is 6.02. The normalized spacial score (nSPS) is 12.0. The molecule has 1 amide bonds. The van der Waals surface area contributed by atoms with Gasteiger partial charge in [0.2, 0.25) is 0 Å². The minimum Gasteiger partial charge on any atom is -0.383 e. The molecule has 0 fully saturated rings. The van der Waals surface area contributed by atoms with E-state index in [1.54, 1.807) is 24.3 Å². The second-order valence-corrected chi connectivity index (χ2v) is 10.5. The maximum atomic E-state index is 13.2. The van der Waals surface area contributed by atoms with Crippen molar-refractivity contribution in [2.45, 2.75) is 31.0 Å². The zero-order chi connectivity index (χ0) is 27.0. The Morgan fingerprint density at radius 2 is 1.84 bits per heavy atom. The molecule has 0 saturated carbocycles. The van der Waals surface area contributed by atoms with Crippen molar-refractivity contribution in [3.05, 3.63) is 88.5 Å². The summed E-state index contributed by atoms with van der Waals surface area (Å²) in [5, 5.41) is 3.26. The van der Waals surface area contributed by atoms with Gasteiger partial charge in [0.15, 0.2) is 9.84 Å². The van der Waals surface area contributed by atoms with Gasteiger partial charge in [-0.25, -0.2) is 13.4 Å². The lowest BCUT2D eigenvalue weighted by atomic mass is 10.0. The molecule has 0 aliphatic carbocycles. The summed E-state index contributed by atoms with van der Waals surface area (Å²) in [6.07, 6.45) is -0.412. The first kappa shape index (κ1) is 26.0. The van der Waals surface area contributed by atoms with Crippen LogP contribution < -0.4 is 11.1 Å². The number of nitrogens with zero attached hydrogens (tertiary/aromatic N) is 3. The van der Waals surface area contributed by atoms with Crippen LogP contribution in [-0.4, -0.2) is 35.5 Å². The minimum absolute atomic E-state index is 0.114. The van der Waals surface area contributed by atoms with E-state index in [4.69, 9.17) is 5.73 Å². The number of fused-ring (bicyclic) bond motifs is 1. The van der Waals surface area contributed by atoms with Gasteiger partial charge in [0, 0.05) is 54.0 Å². The standard InChI is InChI=1S/C25H22F3N5O3S/c1-14-18(11-21(23(29)33-14)25(26,27)28)12-32-24(34)16-5-6-30-19(9-16)8-15-3-4-22-17(7-15)10-20(13-31-22)37(2,35)36/h3-7,9-11,13H,8,12H2,1-2H3,(H2,29,33)(H,32,34). The molecule has 12 heteroatoms. The lowest BCUT2D eigenvalue weighted by Crippen LogP contribution is -2.24. The fraction of sp³-hybridized carbons (Fsp3) is 0.200.